The highest BCUT2D eigenvalue weighted by molar-refractivity contribution is 5.91. The monoisotopic (exact) mass is 300 g/mol. The number of ether oxygens (including phenoxy) is 2. The molecule has 7 heteroatoms. The zero-order chi connectivity index (χ0) is 16.4. The summed E-state index contributed by atoms with van der Waals surface area (Å²) in [6.45, 7) is 7.55. The van der Waals surface area contributed by atoms with E-state index in [1.165, 1.54) is 4.90 Å². The Balaban J connectivity index is 4.15. The number of nitrogens with zero attached hydrogens (tertiary/aromatic N) is 1. The number of rotatable bonds is 7. The lowest BCUT2D eigenvalue weighted by atomic mass is 10.3. The topological polar surface area (TPSA) is 84.9 Å². The second-order valence-electron chi connectivity index (χ2n) is 4.74. The molecule has 0 aromatic carbocycles. The number of nitrogens with one attached hydrogen (secondary N) is 1. The van der Waals surface area contributed by atoms with Gasteiger partial charge in [-0.05, 0) is 27.7 Å². The third kappa shape index (κ3) is 8.67. The lowest BCUT2D eigenvalue weighted by Crippen LogP contribution is -2.44. The molecule has 0 aliphatic rings. The van der Waals surface area contributed by atoms with Crippen molar-refractivity contribution < 1.29 is 23.9 Å². The highest BCUT2D eigenvalue weighted by Crippen LogP contribution is 1.98. The van der Waals surface area contributed by atoms with Gasteiger partial charge in [-0.15, -0.1) is 0 Å². The second-order valence-corrected chi connectivity index (χ2v) is 4.74. The van der Waals surface area contributed by atoms with Gasteiger partial charge < -0.3 is 19.7 Å². The van der Waals surface area contributed by atoms with Crippen LogP contribution in [0.4, 0.5) is 4.79 Å². The Kier molecular flexibility index (Phi) is 8.84. The molecule has 0 unspecified atom stereocenters. The van der Waals surface area contributed by atoms with Gasteiger partial charge in [0.25, 0.3) is 0 Å². The molecule has 120 valence electrons. The van der Waals surface area contributed by atoms with Crippen molar-refractivity contribution in [3.8, 4) is 0 Å². The number of hydrogen-bond donors (Lipinski definition) is 1. The second kappa shape index (κ2) is 9.79. The minimum Gasteiger partial charge on any atom is -0.460 e. The van der Waals surface area contributed by atoms with Gasteiger partial charge in [-0.3, -0.25) is 0 Å². The predicted octanol–water partition coefficient (Wildman–Crippen LogP) is 1.09. The standard InChI is InChI=1S/C14H24N2O5/c1-6-15-14(19)16(5)11(4)9-20-12(17)7-8-13(18)21-10(2)3/h7-8,10-11H,6,9H2,1-5H3,(H,15,19)/b8-7+/t11-/m0/s1. The maximum atomic E-state index is 11.5. The molecular weight excluding hydrogens is 276 g/mol. The molecule has 0 saturated heterocycles. The Morgan fingerprint density at radius 3 is 2.24 bits per heavy atom. The van der Waals surface area contributed by atoms with E-state index in [-0.39, 0.29) is 24.8 Å². The van der Waals surface area contributed by atoms with Crippen molar-refractivity contribution in [1.29, 1.82) is 0 Å². The van der Waals surface area contributed by atoms with E-state index in [0.29, 0.717) is 6.54 Å². The molecule has 0 aromatic rings. The van der Waals surface area contributed by atoms with Crippen LogP contribution in [0.5, 0.6) is 0 Å². The summed E-state index contributed by atoms with van der Waals surface area (Å²) in [4.78, 5) is 35.6. The zero-order valence-corrected chi connectivity index (χ0v) is 13.2. The first-order valence-electron chi connectivity index (χ1n) is 6.84. The first-order valence-corrected chi connectivity index (χ1v) is 6.84. The number of amides is 2. The largest absolute Gasteiger partial charge is 0.460 e. The summed E-state index contributed by atoms with van der Waals surface area (Å²) in [5, 5.41) is 2.64. The third-order valence-corrected chi connectivity index (χ3v) is 2.48. The lowest BCUT2D eigenvalue weighted by Gasteiger charge is -2.24. The smallest absolute Gasteiger partial charge is 0.331 e. The van der Waals surface area contributed by atoms with Crippen molar-refractivity contribution in [3.05, 3.63) is 12.2 Å². The maximum Gasteiger partial charge on any atom is 0.331 e. The fraction of sp³-hybridized carbons (Fsp3) is 0.643. The number of esters is 2. The number of likely N-dealkylation sites (N-methyl/N-ethyl adjacent to an activating group) is 1. The number of carbonyl (C=O) groups excluding carboxylic acids is 3. The molecule has 0 rings (SSSR count). The van der Waals surface area contributed by atoms with Crippen LogP contribution in [0.15, 0.2) is 12.2 Å². The van der Waals surface area contributed by atoms with Crippen LogP contribution in [-0.2, 0) is 19.1 Å². The Morgan fingerprint density at radius 1 is 1.14 bits per heavy atom. The van der Waals surface area contributed by atoms with Gasteiger partial charge in [-0.25, -0.2) is 14.4 Å². The number of carbonyl (C=O) groups is 3. The van der Waals surface area contributed by atoms with Gasteiger partial charge in [0.2, 0.25) is 0 Å². The molecule has 0 saturated carbocycles. The van der Waals surface area contributed by atoms with Crippen LogP contribution in [0.1, 0.15) is 27.7 Å². The van der Waals surface area contributed by atoms with Crippen LogP contribution < -0.4 is 5.32 Å². The first-order chi connectivity index (χ1) is 9.77. The van der Waals surface area contributed by atoms with Crippen LogP contribution >= 0.6 is 0 Å². The third-order valence-electron chi connectivity index (χ3n) is 2.48. The van der Waals surface area contributed by atoms with Gasteiger partial charge in [0.15, 0.2) is 0 Å². The van der Waals surface area contributed by atoms with E-state index >= 15 is 0 Å². The van der Waals surface area contributed by atoms with E-state index in [4.69, 9.17) is 9.47 Å². The van der Waals surface area contributed by atoms with Gasteiger partial charge in [0.05, 0.1) is 12.1 Å². The molecule has 7 nitrogen and oxygen atoms in total. The molecule has 0 heterocycles. The van der Waals surface area contributed by atoms with Crippen LogP contribution in [0.3, 0.4) is 0 Å². The van der Waals surface area contributed by atoms with E-state index in [2.05, 4.69) is 5.32 Å². The van der Waals surface area contributed by atoms with Crippen molar-refractivity contribution in [2.75, 3.05) is 20.2 Å². The summed E-state index contributed by atoms with van der Waals surface area (Å²) in [5.41, 5.74) is 0. The van der Waals surface area contributed by atoms with Crippen LogP contribution in [0.25, 0.3) is 0 Å². The normalized spacial score (nSPS) is 12.1. The zero-order valence-electron chi connectivity index (χ0n) is 13.2. The van der Waals surface area contributed by atoms with Gasteiger partial charge in [0, 0.05) is 25.7 Å². The van der Waals surface area contributed by atoms with Crippen LogP contribution in [-0.4, -0.2) is 55.2 Å². The van der Waals surface area contributed by atoms with Crippen LogP contribution in [0, 0.1) is 0 Å². The summed E-state index contributed by atoms with van der Waals surface area (Å²) in [6, 6.07) is -0.520. The Bertz CT molecular complexity index is 393. The van der Waals surface area contributed by atoms with Crippen molar-refractivity contribution in [3.63, 3.8) is 0 Å². The van der Waals surface area contributed by atoms with E-state index in [1.54, 1.807) is 27.8 Å². The minimum absolute atomic E-state index is 0.0377. The fourth-order valence-electron chi connectivity index (χ4n) is 1.25. The highest BCUT2D eigenvalue weighted by Gasteiger charge is 2.16. The Labute approximate surface area is 125 Å². The molecule has 2 amide bonds. The maximum absolute atomic E-state index is 11.5. The van der Waals surface area contributed by atoms with Crippen molar-refractivity contribution >= 4 is 18.0 Å². The van der Waals surface area contributed by atoms with Crippen LogP contribution in [0.2, 0.25) is 0 Å². The summed E-state index contributed by atoms with van der Waals surface area (Å²) in [7, 11) is 1.61. The van der Waals surface area contributed by atoms with E-state index < -0.39 is 11.9 Å². The summed E-state index contributed by atoms with van der Waals surface area (Å²) in [5.74, 6) is -1.26. The summed E-state index contributed by atoms with van der Waals surface area (Å²) < 4.78 is 9.78. The molecular formula is C14H24N2O5. The molecule has 0 fully saturated rings. The minimum atomic E-state index is -0.660. The van der Waals surface area contributed by atoms with Crippen molar-refractivity contribution in [2.24, 2.45) is 0 Å². The SMILES string of the molecule is CCNC(=O)N(C)[C@@H](C)COC(=O)/C=C/C(=O)OC(C)C. The molecule has 1 N–H and O–H groups in total. The molecule has 0 aromatic heterocycles. The van der Waals surface area contributed by atoms with E-state index in [1.807, 2.05) is 6.92 Å². The molecule has 0 bridgehead atoms. The molecule has 0 spiro atoms. The van der Waals surface area contributed by atoms with Crippen molar-refractivity contribution in [1.82, 2.24) is 10.2 Å². The molecule has 1 atom stereocenters. The molecule has 0 aliphatic carbocycles. The van der Waals surface area contributed by atoms with Crippen molar-refractivity contribution in [2.45, 2.75) is 39.8 Å². The van der Waals surface area contributed by atoms with E-state index in [9.17, 15) is 14.4 Å². The van der Waals surface area contributed by atoms with Gasteiger partial charge in [0.1, 0.15) is 6.61 Å². The Hall–Kier alpha value is -2.05. The summed E-state index contributed by atoms with van der Waals surface area (Å²) >= 11 is 0. The predicted molar refractivity (Wildman–Crippen MR) is 77.6 cm³/mol. The summed E-state index contributed by atoms with van der Waals surface area (Å²) in [6.07, 6.45) is 1.77. The number of hydrogen-bond acceptors (Lipinski definition) is 5. The lowest BCUT2D eigenvalue weighted by molar-refractivity contribution is -0.143. The average molecular weight is 300 g/mol. The molecule has 21 heavy (non-hydrogen) atoms. The fourth-order valence-corrected chi connectivity index (χ4v) is 1.25. The van der Waals surface area contributed by atoms with Gasteiger partial charge >= 0.3 is 18.0 Å². The van der Waals surface area contributed by atoms with Gasteiger partial charge in [-0.2, -0.15) is 0 Å². The average Bonchev–Trinajstić information content (AvgIpc) is 2.41. The quantitative estimate of drug-likeness (QED) is 0.562. The van der Waals surface area contributed by atoms with E-state index in [0.717, 1.165) is 12.2 Å². The number of urea groups is 1. The Morgan fingerprint density at radius 2 is 1.71 bits per heavy atom. The molecule has 0 radical (unpaired) electrons. The highest BCUT2D eigenvalue weighted by atomic mass is 16.5. The first kappa shape index (κ1) is 18.9. The molecule has 0 aliphatic heterocycles. The van der Waals surface area contributed by atoms with Gasteiger partial charge in [-0.1, -0.05) is 0 Å².